The van der Waals surface area contributed by atoms with E-state index in [1.54, 1.807) is 18.6 Å². The van der Waals surface area contributed by atoms with E-state index in [0.717, 1.165) is 54.3 Å². The van der Waals surface area contributed by atoms with Gasteiger partial charge in [-0.2, -0.15) is 0 Å². The van der Waals surface area contributed by atoms with Crippen molar-refractivity contribution in [3.63, 3.8) is 0 Å². The Labute approximate surface area is 158 Å². The molecule has 3 heterocycles. The average molecular weight is 361 g/mol. The van der Waals surface area contributed by atoms with Crippen molar-refractivity contribution in [1.29, 1.82) is 0 Å². The summed E-state index contributed by atoms with van der Waals surface area (Å²) in [5.41, 5.74) is 4.30. The van der Waals surface area contributed by atoms with E-state index >= 15 is 0 Å². The molecule has 0 radical (unpaired) electrons. The molecule has 4 rings (SSSR count). The quantitative estimate of drug-likeness (QED) is 0.673. The van der Waals surface area contributed by atoms with E-state index in [9.17, 15) is 5.11 Å². The number of rotatable bonds is 7. The second-order valence-corrected chi connectivity index (χ2v) is 6.87. The van der Waals surface area contributed by atoms with Crippen LogP contribution in [-0.2, 0) is 19.3 Å². The maximum absolute atomic E-state index is 9.78. The van der Waals surface area contributed by atoms with Crippen molar-refractivity contribution in [1.82, 2.24) is 19.9 Å². The summed E-state index contributed by atoms with van der Waals surface area (Å²) in [5.74, 6) is 1.70. The maximum atomic E-state index is 9.78. The van der Waals surface area contributed by atoms with E-state index in [0.29, 0.717) is 6.54 Å². The normalized spacial score (nSPS) is 14.0. The molecule has 2 N–H and O–H groups in total. The molecule has 6 heteroatoms. The first-order chi connectivity index (χ1) is 13.3. The summed E-state index contributed by atoms with van der Waals surface area (Å²) in [6, 6.07) is 9.73. The molecule has 1 unspecified atom stereocenters. The predicted molar refractivity (Wildman–Crippen MR) is 104 cm³/mol. The molecule has 0 aromatic carbocycles. The Morgan fingerprint density at radius 3 is 2.70 bits per heavy atom. The number of aryl methyl sites for hydroxylation is 1. The number of pyridine rings is 2. The van der Waals surface area contributed by atoms with Crippen LogP contribution in [0.5, 0.6) is 0 Å². The summed E-state index contributed by atoms with van der Waals surface area (Å²) < 4.78 is 0. The number of aliphatic hydroxyl groups is 1. The minimum Gasteiger partial charge on any atom is -0.396 e. The molecule has 0 saturated carbocycles. The molecule has 1 aliphatic carbocycles. The zero-order chi connectivity index (χ0) is 18.5. The lowest BCUT2D eigenvalue weighted by atomic mass is 10.0. The fourth-order valence-electron chi connectivity index (χ4n) is 3.47. The fourth-order valence-corrected chi connectivity index (χ4v) is 3.47. The van der Waals surface area contributed by atoms with Crippen LogP contribution in [0.15, 0.2) is 48.9 Å². The summed E-state index contributed by atoms with van der Waals surface area (Å²) >= 11 is 0. The molecule has 0 saturated heterocycles. The number of nitrogens with zero attached hydrogens (tertiary/aromatic N) is 4. The van der Waals surface area contributed by atoms with E-state index in [2.05, 4.69) is 15.3 Å². The van der Waals surface area contributed by atoms with E-state index < -0.39 is 0 Å². The monoisotopic (exact) mass is 361 g/mol. The third-order valence-corrected chi connectivity index (χ3v) is 4.91. The molecule has 0 amide bonds. The first kappa shape index (κ1) is 17.5. The first-order valence-corrected chi connectivity index (χ1v) is 9.38. The van der Waals surface area contributed by atoms with Crippen LogP contribution in [0.25, 0.3) is 11.4 Å². The van der Waals surface area contributed by atoms with Gasteiger partial charge in [0.15, 0.2) is 5.82 Å². The minimum absolute atomic E-state index is 0.0799. The van der Waals surface area contributed by atoms with Crippen molar-refractivity contribution in [2.45, 2.75) is 25.7 Å². The number of anilines is 1. The van der Waals surface area contributed by atoms with Crippen LogP contribution in [0.2, 0.25) is 0 Å². The SMILES string of the molecule is OCC(CNc1nc(-c2ccncc2)nc2c1CCC2)Cc1ccccn1. The Bertz CT molecular complexity index is 886. The largest absolute Gasteiger partial charge is 0.396 e. The molecule has 0 bridgehead atoms. The summed E-state index contributed by atoms with van der Waals surface area (Å²) in [7, 11) is 0. The van der Waals surface area contributed by atoms with E-state index in [-0.39, 0.29) is 12.5 Å². The zero-order valence-corrected chi connectivity index (χ0v) is 15.2. The van der Waals surface area contributed by atoms with Gasteiger partial charge in [0.25, 0.3) is 0 Å². The lowest BCUT2D eigenvalue weighted by Gasteiger charge is -2.17. The number of aliphatic hydroxyl groups excluding tert-OH is 1. The van der Waals surface area contributed by atoms with Crippen molar-refractivity contribution in [2.24, 2.45) is 5.92 Å². The van der Waals surface area contributed by atoms with Crippen LogP contribution in [0.4, 0.5) is 5.82 Å². The molecular formula is C21H23N5O. The van der Waals surface area contributed by atoms with E-state index in [1.807, 2.05) is 30.3 Å². The first-order valence-electron chi connectivity index (χ1n) is 9.38. The summed E-state index contributed by atoms with van der Waals surface area (Å²) in [6.45, 7) is 0.750. The Hall–Kier alpha value is -2.86. The van der Waals surface area contributed by atoms with Crippen LogP contribution < -0.4 is 5.32 Å². The second-order valence-electron chi connectivity index (χ2n) is 6.87. The van der Waals surface area contributed by atoms with Crippen LogP contribution in [-0.4, -0.2) is 38.2 Å². The summed E-state index contributed by atoms with van der Waals surface area (Å²) in [4.78, 5) is 18.0. The fraction of sp³-hybridized carbons (Fsp3) is 0.333. The number of hydrogen-bond donors (Lipinski definition) is 2. The van der Waals surface area contributed by atoms with Crippen molar-refractivity contribution in [3.05, 3.63) is 65.9 Å². The van der Waals surface area contributed by atoms with Gasteiger partial charge in [0.2, 0.25) is 0 Å². The maximum Gasteiger partial charge on any atom is 0.161 e. The standard InChI is InChI=1S/C21H23N5O/c27-14-15(12-17-4-1-2-9-23-17)13-24-21-18-5-3-6-19(18)25-20(26-21)16-7-10-22-11-8-16/h1-2,4,7-11,15,27H,3,5-6,12-14H2,(H,24,25,26). The third kappa shape index (κ3) is 4.11. The van der Waals surface area contributed by atoms with Gasteiger partial charge >= 0.3 is 0 Å². The molecule has 138 valence electrons. The highest BCUT2D eigenvalue weighted by Crippen LogP contribution is 2.29. The van der Waals surface area contributed by atoms with Crippen LogP contribution in [0, 0.1) is 5.92 Å². The highest BCUT2D eigenvalue weighted by molar-refractivity contribution is 5.60. The van der Waals surface area contributed by atoms with Crippen LogP contribution in [0.3, 0.4) is 0 Å². The van der Waals surface area contributed by atoms with Crippen molar-refractivity contribution < 1.29 is 5.11 Å². The highest BCUT2D eigenvalue weighted by atomic mass is 16.3. The topological polar surface area (TPSA) is 83.8 Å². The Morgan fingerprint density at radius 2 is 1.93 bits per heavy atom. The Balaban J connectivity index is 1.53. The van der Waals surface area contributed by atoms with Crippen LogP contribution >= 0.6 is 0 Å². The smallest absolute Gasteiger partial charge is 0.161 e. The van der Waals surface area contributed by atoms with E-state index in [4.69, 9.17) is 9.97 Å². The summed E-state index contributed by atoms with van der Waals surface area (Å²) in [6.07, 6.45) is 9.13. The van der Waals surface area contributed by atoms with Gasteiger partial charge in [0, 0.05) is 60.2 Å². The molecule has 27 heavy (non-hydrogen) atoms. The number of nitrogens with one attached hydrogen (secondary N) is 1. The Kier molecular flexibility index (Phi) is 5.34. The molecule has 0 fully saturated rings. The third-order valence-electron chi connectivity index (χ3n) is 4.91. The van der Waals surface area contributed by atoms with Gasteiger partial charge < -0.3 is 10.4 Å². The zero-order valence-electron chi connectivity index (χ0n) is 15.2. The van der Waals surface area contributed by atoms with E-state index in [1.165, 1.54) is 5.56 Å². The van der Waals surface area contributed by atoms with Crippen molar-refractivity contribution >= 4 is 5.82 Å². The molecular weight excluding hydrogens is 338 g/mol. The number of hydrogen-bond acceptors (Lipinski definition) is 6. The molecule has 3 aromatic rings. The minimum atomic E-state index is 0.0799. The van der Waals surface area contributed by atoms with Gasteiger partial charge in [-0.25, -0.2) is 9.97 Å². The molecule has 1 aliphatic rings. The molecule has 6 nitrogen and oxygen atoms in total. The van der Waals surface area contributed by atoms with Crippen molar-refractivity contribution in [3.8, 4) is 11.4 Å². The van der Waals surface area contributed by atoms with Gasteiger partial charge in [-0.05, 0) is 49.9 Å². The van der Waals surface area contributed by atoms with Crippen LogP contribution in [0.1, 0.15) is 23.4 Å². The molecule has 0 aliphatic heterocycles. The molecule has 3 aromatic heterocycles. The lowest BCUT2D eigenvalue weighted by molar-refractivity contribution is 0.232. The van der Waals surface area contributed by atoms with Gasteiger partial charge in [-0.1, -0.05) is 6.07 Å². The lowest BCUT2D eigenvalue weighted by Crippen LogP contribution is -2.22. The number of fused-ring (bicyclic) bond motifs is 1. The predicted octanol–water partition coefficient (Wildman–Crippen LogP) is 2.69. The Morgan fingerprint density at radius 1 is 1.04 bits per heavy atom. The number of aromatic nitrogens is 4. The second kappa shape index (κ2) is 8.22. The summed E-state index contributed by atoms with van der Waals surface area (Å²) in [5, 5.41) is 13.3. The van der Waals surface area contributed by atoms with Gasteiger partial charge in [-0.3, -0.25) is 9.97 Å². The van der Waals surface area contributed by atoms with Gasteiger partial charge in [-0.15, -0.1) is 0 Å². The molecule has 0 spiro atoms. The van der Waals surface area contributed by atoms with Gasteiger partial charge in [0.05, 0.1) is 0 Å². The average Bonchev–Trinajstić information content (AvgIpc) is 3.21. The molecule has 1 atom stereocenters. The van der Waals surface area contributed by atoms with Gasteiger partial charge in [0.1, 0.15) is 5.82 Å². The van der Waals surface area contributed by atoms with Crippen molar-refractivity contribution in [2.75, 3.05) is 18.5 Å². The highest BCUT2D eigenvalue weighted by Gasteiger charge is 2.20.